The average molecular weight is 350 g/mol. The van der Waals surface area contributed by atoms with Gasteiger partial charge >= 0.3 is 0 Å². The lowest BCUT2D eigenvalue weighted by Crippen LogP contribution is -2.43. The lowest BCUT2D eigenvalue weighted by atomic mass is 9.89. The molecule has 2 unspecified atom stereocenters. The van der Waals surface area contributed by atoms with Gasteiger partial charge < -0.3 is 0 Å². The van der Waals surface area contributed by atoms with Crippen molar-refractivity contribution in [3.63, 3.8) is 0 Å². The van der Waals surface area contributed by atoms with Gasteiger partial charge in [-0.1, -0.05) is 43.5 Å². The minimum absolute atomic E-state index is 0.462. The molecule has 0 spiro atoms. The molecule has 1 aromatic carbocycles. The summed E-state index contributed by atoms with van der Waals surface area (Å²) in [5, 5.41) is 0. The molecule has 2 aromatic rings. The van der Waals surface area contributed by atoms with Gasteiger partial charge in [0.15, 0.2) is 4.34 Å². The van der Waals surface area contributed by atoms with Crippen molar-refractivity contribution in [2.75, 3.05) is 0 Å². The summed E-state index contributed by atoms with van der Waals surface area (Å²) < 4.78 is 2.44. The molecule has 1 heterocycles. The van der Waals surface area contributed by atoms with Gasteiger partial charge in [-0.3, -0.25) is 4.79 Å². The molecule has 1 fully saturated rings. The van der Waals surface area contributed by atoms with Gasteiger partial charge in [0, 0.05) is 17.7 Å². The summed E-state index contributed by atoms with van der Waals surface area (Å²) in [4.78, 5) is 17.3. The molecule has 2 atom stereocenters. The zero-order chi connectivity index (χ0) is 15.7. The summed E-state index contributed by atoms with van der Waals surface area (Å²) in [5.74, 6) is 1.01. The smallest absolute Gasteiger partial charge is 0.151 e. The van der Waals surface area contributed by atoms with Crippen molar-refractivity contribution < 1.29 is 4.79 Å². The van der Waals surface area contributed by atoms with Gasteiger partial charge in [0.05, 0.1) is 18.3 Å². The summed E-state index contributed by atoms with van der Waals surface area (Å²) in [7, 11) is -1.36. The van der Waals surface area contributed by atoms with Gasteiger partial charge in [-0.05, 0) is 30.9 Å². The van der Waals surface area contributed by atoms with Gasteiger partial charge in [-0.25, -0.2) is 4.98 Å². The first kappa shape index (κ1) is 16.2. The lowest BCUT2D eigenvalue weighted by molar-refractivity contribution is -0.121. The minimum atomic E-state index is -1.36. The van der Waals surface area contributed by atoms with E-state index >= 15 is 0 Å². The average Bonchev–Trinajstić information content (AvgIpc) is 2.86. The van der Waals surface area contributed by atoms with Gasteiger partial charge in [-0.2, -0.15) is 0 Å². The molecule has 5 heteroatoms. The number of thiazole rings is 1. The Hall–Kier alpha value is -0.653. The molecule has 3 rings (SSSR count). The maximum Gasteiger partial charge on any atom is 0.151 e. The van der Waals surface area contributed by atoms with Gasteiger partial charge in [0.1, 0.15) is 5.78 Å². The number of carbonyl (C=O) groups is 1. The van der Waals surface area contributed by atoms with Gasteiger partial charge in [-0.15, -0.1) is 11.3 Å². The van der Waals surface area contributed by atoms with E-state index in [0.29, 0.717) is 16.6 Å². The Morgan fingerprint density at radius 2 is 2.09 bits per heavy atom. The number of para-hydroxylation sites is 1. The van der Waals surface area contributed by atoms with Crippen LogP contribution in [0.4, 0.5) is 0 Å². The molecule has 1 aliphatic carbocycles. The van der Waals surface area contributed by atoms with Gasteiger partial charge in [0.2, 0.25) is 0 Å². The molecule has 1 aromatic heterocycles. The number of hydrogen-bond donors (Lipinski definition) is 0. The standard InChI is InChI=1S/C17H23NOS2Si/c1-22(2,3)16(12-7-6-8-13(19)11-12)21-17-18-14-9-4-5-10-15(14)20-17/h4-5,9-10,12,16H,6-8,11H2,1-3H3. The lowest BCUT2D eigenvalue weighted by Gasteiger charge is -2.36. The fourth-order valence-corrected chi connectivity index (χ4v) is 9.27. The highest BCUT2D eigenvalue weighted by Crippen LogP contribution is 2.42. The van der Waals surface area contributed by atoms with E-state index in [1.165, 1.54) is 15.5 Å². The number of aromatic nitrogens is 1. The van der Waals surface area contributed by atoms with Crippen molar-refractivity contribution in [1.82, 2.24) is 4.98 Å². The highest BCUT2D eigenvalue weighted by Gasteiger charge is 2.37. The SMILES string of the molecule is C[Si](C)(C)C(Sc1nc2ccccc2s1)C1CCCC(=O)C1. The number of rotatable bonds is 4. The molecule has 1 saturated carbocycles. The Labute approximate surface area is 141 Å². The van der Waals surface area contributed by atoms with E-state index in [-0.39, 0.29) is 0 Å². The van der Waals surface area contributed by atoms with Crippen molar-refractivity contribution in [2.45, 2.75) is 54.5 Å². The molecule has 2 nitrogen and oxygen atoms in total. The second-order valence-corrected chi connectivity index (χ2v) is 15.4. The summed E-state index contributed by atoms with van der Waals surface area (Å²) in [6, 6.07) is 8.35. The van der Waals surface area contributed by atoms with Crippen LogP contribution in [0.1, 0.15) is 25.7 Å². The monoisotopic (exact) mass is 349 g/mol. The van der Waals surface area contributed by atoms with E-state index in [1.807, 2.05) is 17.8 Å². The molecule has 0 saturated heterocycles. The molecule has 22 heavy (non-hydrogen) atoms. The van der Waals surface area contributed by atoms with Crippen LogP contribution in [0.25, 0.3) is 10.2 Å². The molecule has 0 aliphatic heterocycles. The van der Waals surface area contributed by atoms with Crippen LogP contribution in [-0.4, -0.2) is 23.7 Å². The predicted molar refractivity (Wildman–Crippen MR) is 99.6 cm³/mol. The van der Waals surface area contributed by atoms with Crippen molar-refractivity contribution in [1.29, 1.82) is 0 Å². The highest BCUT2D eigenvalue weighted by molar-refractivity contribution is 8.03. The third kappa shape index (κ3) is 3.63. The van der Waals surface area contributed by atoms with E-state index in [4.69, 9.17) is 4.98 Å². The number of Topliss-reactive ketones (excluding diaryl/α,β-unsaturated/α-hetero) is 1. The van der Waals surface area contributed by atoms with Crippen molar-refractivity contribution in [3.8, 4) is 0 Å². The number of carbonyl (C=O) groups excluding carboxylic acids is 1. The van der Waals surface area contributed by atoms with Crippen LogP contribution >= 0.6 is 23.1 Å². The van der Waals surface area contributed by atoms with Crippen molar-refractivity contribution >= 4 is 47.2 Å². The maximum atomic E-state index is 11.9. The zero-order valence-corrected chi connectivity index (χ0v) is 16.1. The number of nitrogens with zero attached hydrogens (tertiary/aromatic N) is 1. The largest absolute Gasteiger partial charge is 0.300 e. The van der Waals surface area contributed by atoms with E-state index in [0.717, 1.165) is 24.8 Å². The Kier molecular flexibility index (Phi) is 4.76. The highest BCUT2D eigenvalue weighted by atomic mass is 32.2. The number of hydrogen-bond acceptors (Lipinski definition) is 4. The topological polar surface area (TPSA) is 30.0 Å². The second kappa shape index (κ2) is 6.46. The van der Waals surface area contributed by atoms with E-state index in [1.54, 1.807) is 11.3 Å². The fraction of sp³-hybridized carbons (Fsp3) is 0.529. The quantitative estimate of drug-likeness (QED) is 0.547. The van der Waals surface area contributed by atoms with Crippen molar-refractivity contribution in [2.24, 2.45) is 5.92 Å². The molecular formula is C17H23NOS2Si. The summed E-state index contributed by atoms with van der Waals surface area (Å²) >= 11 is 3.74. The van der Waals surface area contributed by atoms with E-state index in [2.05, 4.69) is 37.8 Å². The van der Waals surface area contributed by atoms with Crippen LogP contribution < -0.4 is 0 Å². The third-order valence-electron chi connectivity index (χ3n) is 4.30. The molecule has 0 radical (unpaired) electrons. The van der Waals surface area contributed by atoms with Crippen LogP contribution in [-0.2, 0) is 4.79 Å². The Balaban J connectivity index is 1.84. The van der Waals surface area contributed by atoms with E-state index < -0.39 is 8.07 Å². The second-order valence-electron chi connectivity index (χ2n) is 7.25. The number of benzene rings is 1. The summed E-state index contributed by atoms with van der Waals surface area (Å²) in [5.41, 5.74) is 1.10. The normalized spacial score (nSPS) is 21.2. The van der Waals surface area contributed by atoms with Crippen LogP contribution in [0.3, 0.4) is 0 Å². The first-order chi connectivity index (χ1) is 10.4. The maximum absolute atomic E-state index is 11.9. The number of ketones is 1. The molecule has 0 bridgehead atoms. The molecule has 1 aliphatic rings. The van der Waals surface area contributed by atoms with Crippen LogP contribution in [0, 0.1) is 5.92 Å². The van der Waals surface area contributed by atoms with Gasteiger partial charge in [0.25, 0.3) is 0 Å². The van der Waals surface area contributed by atoms with Crippen molar-refractivity contribution in [3.05, 3.63) is 24.3 Å². The van der Waals surface area contributed by atoms with Crippen LogP contribution in [0.15, 0.2) is 28.6 Å². The molecule has 0 amide bonds. The fourth-order valence-electron chi connectivity index (χ4n) is 3.31. The molecule has 0 N–H and O–H groups in total. The third-order valence-corrected chi connectivity index (χ3v) is 11.3. The molecular weight excluding hydrogens is 326 g/mol. The summed E-state index contributed by atoms with van der Waals surface area (Å²) in [6.45, 7) is 7.28. The molecule has 118 valence electrons. The van der Waals surface area contributed by atoms with Crippen LogP contribution in [0.5, 0.6) is 0 Å². The first-order valence-corrected chi connectivity index (χ1v) is 13.2. The summed E-state index contributed by atoms with van der Waals surface area (Å²) in [6.07, 6.45) is 3.86. The zero-order valence-electron chi connectivity index (χ0n) is 13.5. The van der Waals surface area contributed by atoms with E-state index in [9.17, 15) is 4.79 Å². The minimum Gasteiger partial charge on any atom is -0.300 e. The number of fused-ring (bicyclic) bond motifs is 1. The first-order valence-electron chi connectivity index (χ1n) is 7.97. The Morgan fingerprint density at radius 1 is 1.32 bits per heavy atom. The van der Waals surface area contributed by atoms with Crippen LogP contribution in [0.2, 0.25) is 19.6 Å². The number of thioether (sulfide) groups is 1. The predicted octanol–water partition coefficient (Wildman–Crippen LogP) is 5.39. The Morgan fingerprint density at radius 3 is 2.77 bits per heavy atom. The Bertz CT molecular complexity index is 644.